The first-order chi connectivity index (χ1) is 13.7. The van der Waals surface area contributed by atoms with E-state index in [1.807, 2.05) is 30.9 Å². The fraction of sp³-hybridized carbons (Fsp3) is 0.500. The number of piperazine rings is 1. The number of hydrogen-bond donors (Lipinski definition) is 0. The van der Waals surface area contributed by atoms with Gasteiger partial charge in [0.1, 0.15) is 11.6 Å². The van der Waals surface area contributed by atoms with Crippen molar-refractivity contribution in [3.8, 4) is 0 Å². The molecule has 1 fully saturated rings. The molecule has 29 heavy (non-hydrogen) atoms. The van der Waals surface area contributed by atoms with Gasteiger partial charge in [0.25, 0.3) is 0 Å². The van der Waals surface area contributed by atoms with Crippen molar-refractivity contribution in [1.82, 2.24) is 14.9 Å². The summed E-state index contributed by atoms with van der Waals surface area (Å²) < 4.78 is 0. The van der Waals surface area contributed by atoms with E-state index in [4.69, 9.17) is 28.2 Å². The minimum Gasteiger partial charge on any atom is -0.353 e. The fourth-order valence-corrected chi connectivity index (χ4v) is 4.16. The maximum absolute atomic E-state index is 12.4. The van der Waals surface area contributed by atoms with Gasteiger partial charge in [-0.2, -0.15) is 0 Å². The van der Waals surface area contributed by atoms with Gasteiger partial charge in [-0.25, -0.2) is 9.97 Å². The van der Waals surface area contributed by atoms with Crippen LogP contribution in [0.4, 0.5) is 5.82 Å². The summed E-state index contributed by atoms with van der Waals surface area (Å²) in [6, 6.07) is 5.57. The van der Waals surface area contributed by atoms with E-state index in [0.29, 0.717) is 28.8 Å². The zero-order valence-corrected chi connectivity index (χ0v) is 19.0. The fourth-order valence-electron chi connectivity index (χ4n) is 3.69. The summed E-state index contributed by atoms with van der Waals surface area (Å²) >= 11 is 12.5. The molecule has 1 aliphatic rings. The molecule has 7 heteroatoms. The lowest BCUT2D eigenvalue weighted by molar-refractivity contribution is -0.132. The van der Waals surface area contributed by atoms with Gasteiger partial charge in [0, 0.05) is 60.3 Å². The number of nitrogens with zero attached hydrogens (tertiary/aromatic N) is 4. The Balaban J connectivity index is 1.82. The summed E-state index contributed by atoms with van der Waals surface area (Å²) in [6.07, 6.45) is 1.25. The number of carbonyl (C=O) groups is 1. The molecular weight excluding hydrogens is 407 g/mol. The van der Waals surface area contributed by atoms with E-state index in [1.165, 1.54) is 0 Å². The molecule has 2 heterocycles. The Morgan fingerprint density at radius 1 is 1.10 bits per heavy atom. The number of aryl methyl sites for hydroxylation is 2. The molecule has 2 aromatic rings. The second-order valence-corrected chi connectivity index (χ2v) is 8.88. The lowest BCUT2D eigenvalue weighted by Crippen LogP contribution is -2.49. The minimum atomic E-state index is 0.239. The zero-order chi connectivity index (χ0) is 21.1. The quantitative estimate of drug-likeness (QED) is 0.684. The summed E-state index contributed by atoms with van der Waals surface area (Å²) in [5.74, 6) is 2.31. The average molecular weight is 435 g/mol. The van der Waals surface area contributed by atoms with Gasteiger partial charge < -0.3 is 9.80 Å². The molecular formula is C22H28Cl2N4O. The zero-order valence-electron chi connectivity index (χ0n) is 17.5. The first-order valence-electron chi connectivity index (χ1n) is 10.1. The van der Waals surface area contributed by atoms with Crippen LogP contribution in [-0.2, 0) is 11.2 Å². The molecule has 0 atom stereocenters. The van der Waals surface area contributed by atoms with Crippen molar-refractivity contribution < 1.29 is 4.79 Å². The number of halogens is 2. The third-order valence-corrected chi connectivity index (χ3v) is 5.79. The molecule has 1 saturated heterocycles. The first kappa shape index (κ1) is 21.8. The van der Waals surface area contributed by atoms with Gasteiger partial charge in [0.2, 0.25) is 5.91 Å². The second kappa shape index (κ2) is 9.31. The Kier molecular flexibility index (Phi) is 7.01. The molecule has 0 unspecified atom stereocenters. The van der Waals surface area contributed by atoms with E-state index in [9.17, 15) is 4.79 Å². The first-order valence-corrected chi connectivity index (χ1v) is 10.8. The lowest BCUT2D eigenvalue weighted by Gasteiger charge is -2.37. The average Bonchev–Trinajstić information content (AvgIpc) is 2.65. The number of benzene rings is 1. The van der Waals surface area contributed by atoms with Crippen molar-refractivity contribution in [2.75, 3.05) is 31.1 Å². The van der Waals surface area contributed by atoms with Gasteiger partial charge in [-0.3, -0.25) is 4.79 Å². The van der Waals surface area contributed by atoms with Crippen LogP contribution in [-0.4, -0.2) is 47.0 Å². The number of aromatic nitrogens is 2. The van der Waals surface area contributed by atoms with Crippen LogP contribution < -0.4 is 4.90 Å². The van der Waals surface area contributed by atoms with Crippen molar-refractivity contribution >= 4 is 34.9 Å². The predicted octanol–water partition coefficient (Wildman–Crippen LogP) is 4.69. The molecule has 1 amide bonds. The monoisotopic (exact) mass is 434 g/mol. The Morgan fingerprint density at radius 3 is 2.41 bits per heavy atom. The molecule has 0 saturated carbocycles. The van der Waals surface area contributed by atoms with E-state index in [0.717, 1.165) is 54.6 Å². The molecule has 0 aliphatic carbocycles. The highest BCUT2D eigenvalue weighted by Crippen LogP contribution is 2.29. The van der Waals surface area contributed by atoms with Crippen molar-refractivity contribution in [2.45, 2.75) is 40.5 Å². The maximum atomic E-state index is 12.4. The smallest absolute Gasteiger partial charge is 0.222 e. The van der Waals surface area contributed by atoms with E-state index >= 15 is 0 Å². The Hall–Kier alpha value is -1.85. The van der Waals surface area contributed by atoms with E-state index in [2.05, 4.69) is 23.7 Å². The lowest BCUT2D eigenvalue weighted by atomic mass is 10.0. The van der Waals surface area contributed by atoms with Gasteiger partial charge in [0.05, 0.1) is 0 Å². The Bertz CT molecular complexity index is 893. The van der Waals surface area contributed by atoms with Crippen LogP contribution in [0.3, 0.4) is 0 Å². The molecule has 1 aromatic heterocycles. The molecule has 1 aliphatic heterocycles. The molecule has 0 spiro atoms. The highest BCUT2D eigenvalue weighted by Gasteiger charge is 2.25. The number of carbonyl (C=O) groups excluding carboxylic acids is 1. The Morgan fingerprint density at radius 2 is 1.79 bits per heavy atom. The number of anilines is 1. The van der Waals surface area contributed by atoms with Crippen molar-refractivity contribution in [3.63, 3.8) is 0 Å². The van der Waals surface area contributed by atoms with Crippen molar-refractivity contribution in [3.05, 3.63) is 50.9 Å². The Labute approximate surface area is 183 Å². The molecule has 0 bridgehead atoms. The third-order valence-electron chi connectivity index (χ3n) is 5.20. The van der Waals surface area contributed by atoms with Gasteiger partial charge in [0.15, 0.2) is 0 Å². The minimum absolute atomic E-state index is 0.239. The van der Waals surface area contributed by atoms with Gasteiger partial charge in [-0.05, 0) is 37.5 Å². The van der Waals surface area contributed by atoms with Crippen LogP contribution in [0.1, 0.15) is 42.9 Å². The molecule has 0 N–H and O–H groups in total. The van der Waals surface area contributed by atoms with Crippen LogP contribution in [0.5, 0.6) is 0 Å². The maximum Gasteiger partial charge on any atom is 0.222 e. The largest absolute Gasteiger partial charge is 0.353 e. The molecule has 156 valence electrons. The summed E-state index contributed by atoms with van der Waals surface area (Å²) in [4.78, 5) is 26.0. The van der Waals surface area contributed by atoms with E-state index in [1.54, 1.807) is 6.07 Å². The molecule has 1 aromatic carbocycles. The summed E-state index contributed by atoms with van der Waals surface area (Å²) in [6.45, 7) is 11.0. The topological polar surface area (TPSA) is 49.3 Å². The van der Waals surface area contributed by atoms with E-state index < -0.39 is 0 Å². The molecule has 0 radical (unpaired) electrons. The van der Waals surface area contributed by atoms with Crippen LogP contribution in [0.15, 0.2) is 18.2 Å². The van der Waals surface area contributed by atoms with Gasteiger partial charge in [-0.15, -0.1) is 0 Å². The highest BCUT2D eigenvalue weighted by atomic mass is 35.5. The van der Waals surface area contributed by atoms with Crippen molar-refractivity contribution in [1.29, 1.82) is 0 Å². The van der Waals surface area contributed by atoms with E-state index in [-0.39, 0.29) is 5.91 Å². The number of hydrogen-bond acceptors (Lipinski definition) is 4. The summed E-state index contributed by atoms with van der Waals surface area (Å²) in [5.41, 5.74) is 3.03. The highest BCUT2D eigenvalue weighted by molar-refractivity contribution is 6.35. The van der Waals surface area contributed by atoms with Crippen LogP contribution in [0, 0.1) is 19.8 Å². The summed E-state index contributed by atoms with van der Waals surface area (Å²) in [7, 11) is 0. The van der Waals surface area contributed by atoms with Crippen molar-refractivity contribution in [2.24, 2.45) is 5.92 Å². The predicted molar refractivity (Wildman–Crippen MR) is 119 cm³/mol. The number of rotatable bonds is 5. The van der Waals surface area contributed by atoms with Gasteiger partial charge in [-0.1, -0.05) is 43.1 Å². The van der Waals surface area contributed by atoms with Crippen LogP contribution in [0.25, 0.3) is 0 Å². The van der Waals surface area contributed by atoms with Crippen LogP contribution in [0.2, 0.25) is 10.0 Å². The molecule has 3 rings (SSSR count). The van der Waals surface area contributed by atoms with Gasteiger partial charge >= 0.3 is 0 Å². The molecule has 5 nitrogen and oxygen atoms in total. The van der Waals surface area contributed by atoms with Crippen LogP contribution >= 0.6 is 23.2 Å². The normalized spacial score (nSPS) is 14.6. The standard InChI is InChI=1S/C22H28Cl2N4O/c1-14(2)11-21(29)27-7-9-28(10-8-27)22-19(15(3)25-16(4)26-22)12-17-5-6-18(23)13-20(17)24/h5-6,13-14H,7-12H2,1-4H3. The third kappa shape index (κ3) is 5.40. The summed E-state index contributed by atoms with van der Waals surface area (Å²) in [5, 5.41) is 1.27. The number of amides is 1. The SMILES string of the molecule is Cc1nc(C)c(Cc2ccc(Cl)cc2Cl)c(N2CCN(C(=O)CC(C)C)CC2)n1. The second-order valence-electron chi connectivity index (χ2n) is 8.04.